The molecule has 2 nitrogen and oxygen atoms in total. The number of nitrogens with one attached hydrogen (secondary N) is 1. The second kappa shape index (κ2) is 6.85. The van der Waals surface area contributed by atoms with Crippen LogP contribution in [0.4, 0.5) is 0 Å². The number of hydrogen-bond acceptors (Lipinski definition) is 3. The fourth-order valence-electron chi connectivity index (χ4n) is 1.33. The molecule has 1 rings (SSSR count). The molecule has 3 heteroatoms. The van der Waals surface area contributed by atoms with Gasteiger partial charge in [0.2, 0.25) is 0 Å². The second-order valence-electron chi connectivity index (χ2n) is 3.81. The van der Waals surface area contributed by atoms with Gasteiger partial charge in [-0.05, 0) is 43.3 Å². The summed E-state index contributed by atoms with van der Waals surface area (Å²) in [7, 11) is 0. The summed E-state index contributed by atoms with van der Waals surface area (Å²) in [5, 5.41) is 4.20. The third-order valence-electron chi connectivity index (χ3n) is 2.59. The Hall–Kier alpha value is -0.540. The van der Waals surface area contributed by atoms with E-state index in [1.54, 1.807) is 0 Å². The number of hydrogen-bond donors (Lipinski definition) is 1. The Morgan fingerprint density at radius 1 is 1.53 bits per heavy atom. The van der Waals surface area contributed by atoms with Crippen molar-refractivity contribution < 1.29 is 0 Å². The van der Waals surface area contributed by atoms with Gasteiger partial charge in [0.05, 0.1) is 0 Å². The number of aromatic nitrogens is 1. The van der Waals surface area contributed by atoms with Gasteiger partial charge in [-0.25, -0.2) is 0 Å². The van der Waals surface area contributed by atoms with Crippen molar-refractivity contribution in [1.82, 2.24) is 10.3 Å². The molecule has 0 aliphatic carbocycles. The first-order valence-electron chi connectivity index (χ1n) is 5.37. The van der Waals surface area contributed by atoms with Gasteiger partial charge in [-0.1, -0.05) is 6.92 Å². The van der Waals surface area contributed by atoms with E-state index in [0.29, 0.717) is 0 Å². The largest absolute Gasteiger partial charge is 0.313 e. The van der Waals surface area contributed by atoms with Crippen LogP contribution in [0, 0.1) is 6.92 Å². The fourth-order valence-corrected chi connectivity index (χ4v) is 1.68. The molecular weight excluding hydrogens is 204 g/mol. The van der Waals surface area contributed by atoms with Crippen molar-refractivity contribution in [3.8, 4) is 0 Å². The first kappa shape index (κ1) is 12.5. The van der Waals surface area contributed by atoms with E-state index in [-0.39, 0.29) is 0 Å². The van der Waals surface area contributed by atoms with Crippen molar-refractivity contribution in [3.05, 3.63) is 29.6 Å². The molecule has 0 fully saturated rings. The Morgan fingerprint density at radius 3 is 3.00 bits per heavy atom. The third kappa shape index (κ3) is 4.67. The molecule has 0 amide bonds. The van der Waals surface area contributed by atoms with Crippen LogP contribution in [0.15, 0.2) is 18.5 Å². The standard InChI is InChI=1S/C12H20N2S/c1-10-4-6-13-8-12(10)9-14-7-5-11(2)15-3/h4,6,8,11,14H,5,7,9H2,1-3H3. The van der Waals surface area contributed by atoms with E-state index in [0.717, 1.165) is 18.3 Å². The SMILES string of the molecule is CSC(C)CCNCc1cnccc1C. The molecule has 1 N–H and O–H groups in total. The molecule has 15 heavy (non-hydrogen) atoms. The highest BCUT2D eigenvalue weighted by molar-refractivity contribution is 7.99. The van der Waals surface area contributed by atoms with Crippen LogP contribution in [0.2, 0.25) is 0 Å². The number of nitrogens with zero attached hydrogens (tertiary/aromatic N) is 1. The van der Waals surface area contributed by atoms with E-state index in [1.807, 2.05) is 24.2 Å². The maximum Gasteiger partial charge on any atom is 0.0315 e. The molecule has 84 valence electrons. The van der Waals surface area contributed by atoms with Gasteiger partial charge in [-0.3, -0.25) is 4.98 Å². The average molecular weight is 224 g/mol. The van der Waals surface area contributed by atoms with Crippen LogP contribution in [-0.4, -0.2) is 23.0 Å². The van der Waals surface area contributed by atoms with Crippen LogP contribution < -0.4 is 5.32 Å². The van der Waals surface area contributed by atoms with E-state index in [9.17, 15) is 0 Å². The minimum absolute atomic E-state index is 0.743. The van der Waals surface area contributed by atoms with Crippen molar-refractivity contribution in [1.29, 1.82) is 0 Å². The van der Waals surface area contributed by atoms with Crippen molar-refractivity contribution in [3.63, 3.8) is 0 Å². The van der Waals surface area contributed by atoms with Crippen LogP contribution in [-0.2, 0) is 6.54 Å². The summed E-state index contributed by atoms with van der Waals surface area (Å²) in [5.41, 5.74) is 2.62. The highest BCUT2D eigenvalue weighted by Gasteiger charge is 1.99. The molecule has 0 aliphatic heterocycles. The first-order valence-corrected chi connectivity index (χ1v) is 6.66. The van der Waals surface area contributed by atoms with E-state index in [2.05, 4.69) is 36.5 Å². The Morgan fingerprint density at radius 2 is 2.33 bits per heavy atom. The Labute approximate surface area is 96.9 Å². The summed E-state index contributed by atoms with van der Waals surface area (Å²) in [6.07, 6.45) is 7.17. The van der Waals surface area contributed by atoms with Crippen molar-refractivity contribution in [2.24, 2.45) is 0 Å². The van der Waals surface area contributed by atoms with Gasteiger partial charge in [0.25, 0.3) is 0 Å². The third-order valence-corrected chi connectivity index (χ3v) is 3.63. The van der Waals surface area contributed by atoms with E-state index < -0.39 is 0 Å². The molecule has 1 heterocycles. The maximum absolute atomic E-state index is 4.13. The minimum Gasteiger partial charge on any atom is -0.313 e. The maximum atomic E-state index is 4.13. The van der Waals surface area contributed by atoms with Crippen molar-refractivity contribution >= 4 is 11.8 Å². The Kier molecular flexibility index (Phi) is 5.73. The first-order chi connectivity index (χ1) is 7.24. The highest BCUT2D eigenvalue weighted by atomic mass is 32.2. The molecule has 1 atom stereocenters. The van der Waals surface area contributed by atoms with Crippen molar-refractivity contribution in [2.45, 2.75) is 32.1 Å². The molecule has 1 aromatic heterocycles. The quantitative estimate of drug-likeness (QED) is 0.752. The lowest BCUT2D eigenvalue weighted by Crippen LogP contribution is -2.18. The lowest BCUT2D eigenvalue weighted by molar-refractivity contribution is 0.645. The van der Waals surface area contributed by atoms with E-state index in [4.69, 9.17) is 0 Å². The topological polar surface area (TPSA) is 24.9 Å². The number of pyridine rings is 1. The zero-order valence-electron chi connectivity index (χ0n) is 9.79. The monoisotopic (exact) mass is 224 g/mol. The summed E-state index contributed by atoms with van der Waals surface area (Å²) in [5.74, 6) is 0. The van der Waals surface area contributed by atoms with Gasteiger partial charge in [0, 0.05) is 24.2 Å². The zero-order valence-corrected chi connectivity index (χ0v) is 10.6. The van der Waals surface area contributed by atoms with Crippen LogP contribution in [0.5, 0.6) is 0 Å². The Balaban J connectivity index is 2.23. The summed E-state index contributed by atoms with van der Waals surface area (Å²) in [6.45, 7) is 6.40. The molecule has 1 aromatic rings. The molecule has 0 bridgehead atoms. The van der Waals surface area contributed by atoms with Gasteiger partial charge in [0.15, 0.2) is 0 Å². The average Bonchev–Trinajstić information content (AvgIpc) is 2.26. The number of aryl methyl sites for hydroxylation is 1. The molecule has 1 unspecified atom stereocenters. The number of rotatable bonds is 6. The molecule has 0 aliphatic rings. The second-order valence-corrected chi connectivity index (χ2v) is 5.09. The van der Waals surface area contributed by atoms with Crippen LogP contribution in [0.25, 0.3) is 0 Å². The summed E-state index contributed by atoms with van der Waals surface area (Å²) >= 11 is 1.92. The smallest absolute Gasteiger partial charge is 0.0315 e. The molecule has 0 saturated heterocycles. The van der Waals surface area contributed by atoms with Gasteiger partial charge < -0.3 is 5.32 Å². The molecule has 0 spiro atoms. The van der Waals surface area contributed by atoms with Crippen molar-refractivity contribution in [2.75, 3.05) is 12.8 Å². The van der Waals surface area contributed by atoms with E-state index in [1.165, 1.54) is 17.5 Å². The predicted octanol–water partition coefficient (Wildman–Crippen LogP) is 2.62. The predicted molar refractivity (Wildman–Crippen MR) is 68.3 cm³/mol. The van der Waals surface area contributed by atoms with Crippen LogP contribution >= 0.6 is 11.8 Å². The summed E-state index contributed by atoms with van der Waals surface area (Å²) in [6, 6.07) is 2.06. The molecule has 0 aromatic carbocycles. The van der Waals surface area contributed by atoms with Gasteiger partial charge in [0.1, 0.15) is 0 Å². The summed E-state index contributed by atoms with van der Waals surface area (Å²) < 4.78 is 0. The normalized spacial score (nSPS) is 12.7. The highest BCUT2D eigenvalue weighted by Crippen LogP contribution is 2.08. The lowest BCUT2D eigenvalue weighted by Gasteiger charge is -2.10. The summed E-state index contributed by atoms with van der Waals surface area (Å²) in [4.78, 5) is 4.13. The van der Waals surface area contributed by atoms with Gasteiger partial charge >= 0.3 is 0 Å². The molecule has 0 radical (unpaired) electrons. The number of thioether (sulfide) groups is 1. The lowest BCUT2D eigenvalue weighted by atomic mass is 10.1. The molecule has 0 saturated carbocycles. The van der Waals surface area contributed by atoms with E-state index >= 15 is 0 Å². The van der Waals surface area contributed by atoms with Crippen LogP contribution in [0.1, 0.15) is 24.5 Å². The van der Waals surface area contributed by atoms with Crippen LogP contribution in [0.3, 0.4) is 0 Å². The Bertz CT molecular complexity index is 289. The van der Waals surface area contributed by atoms with Gasteiger partial charge in [-0.15, -0.1) is 0 Å². The molecular formula is C12H20N2S. The zero-order chi connectivity index (χ0) is 11.1. The fraction of sp³-hybridized carbons (Fsp3) is 0.583. The minimum atomic E-state index is 0.743. The van der Waals surface area contributed by atoms with Gasteiger partial charge in [-0.2, -0.15) is 11.8 Å².